The fourth-order valence-electron chi connectivity index (χ4n) is 4.21. The number of carbonyl (C=O) groups is 3. The molecule has 34 heavy (non-hydrogen) atoms. The normalized spacial score (nSPS) is 19.3. The molecule has 1 atom stereocenters. The molecule has 0 saturated carbocycles. The van der Waals surface area contributed by atoms with Crippen LogP contribution in [-0.4, -0.2) is 79.0 Å². The summed E-state index contributed by atoms with van der Waals surface area (Å²) in [6.07, 6.45) is 0. The second kappa shape index (κ2) is 10.4. The van der Waals surface area contributed by atoms with Crippen molar-refractivity contribution in [3.63, 3.8) is 0 Å². The quantitative estimate of drug-likeness (QED) is 0.635. The fourth-order valence-corrected chi connectivity index (χ4v) is 4.90. The Morgan fingerprint density at radius 1 is 1.18 bits per heavy atom. The monoisotopic (exact) mass is 486 g/mol. The lowest BCUT2D eigenvalue weighted by Crippen LogP contribution is -2.53. The second-order valence-corrected chi connectivity index (χ2v) is 8.91. The number of carbonyl (C=O) groups excluding carboxylic acids is 3. The Kier molecular flexibility index (Phi) is 7.28. The molecule has 3 heterocycles. The van der Waals surface area contributed by atoms with E-state index in [0.29, 0.717) is 44.0 Å². The Bertz CT molecular complexity index is 1100. The van der Waals surface area contributed by atoms with Gasteiger partial charge in [0.05, 0.1) is 23.8 Å². The van der Waals surface area contributed by atoms with Crippen molar-refractivity contribution in [2.75, 3.05) is 46.4 Å². The van der Waals surface area contributed by atoms with Gasteiger partial charge in [-0.3, -0.25) is 14.6 Å². The number of nitrogens with zero attached hydrogens (tertiary/aromatic N) is 3. The standard InChI is InChI=1S/C24H27FN4O4S/c1-3-33-23(31)20-19(27(2)24(32)26-21(20)16-8-13-34-15-16)14-28-9-11-29(12-10-28)22(30)17-6-4-5-7-18(17)25/h4-8,13,15,21H,3,9-12,14H2,1-2H3,(H,26,32)/t21-/m0/s1. The summed E-state index contributed by atoms with van der Waals surface area (Å²) in [5.74, 6) is -1.33. The first-order chi connectivity index (χ1) is 16.4. The van der Waals surface area contributed by atoms with Gasteiger partial charge in [-0.2, -0.15) is 11.3 Å². The van der Waals surface area contributed by atoms with E-state index in [0.717, 1.165) is 5.56 Å². The summed E-state index contributed by atoms with van der Waals surface area (Å²) in [5, 5.41) is 6.70. The van der Waals surface area contributed by atoms with Crippen molar-refractivity contribution in [2.24, 2.45) is 0 Å². The first-order valence-corrected chi connectivity index (χ1v) is 12.1. The van der Waals surface area contributed by atoms with Gasteiger partial charge in [-0.15, -0.1) is 0 Å². The first kappa shape index (κ1) is 23.9. The molecule has 0 aliphatic carbocycles. The molecule has 3 amide bonds. The Balaban J connectivity index is 1.54. The number of nitrogens with one attached hydrogen (secondary N) is 1. The van der Waals surface area contributed by atoms with Crippen LogP contribution in [0.3, 0.4) is 0 Å². The fraction of sp³-hybridized carbons (Fsp3) is 0.375. The van der Waals surface area contributed by atoms with Crippen LogP contribution < -0.4 is 5.32 Å². The first-order valence-electron chi connectivity index (χ1n) is 11.1. The van der Waals surface area contributed by atoms with Gasteiger partial charge in [0.25, 0.3) is 5.91 Å². The highest BCUT2D eigenvalue weighted by Gasteiger charge is 2.38. The van der Waals surface area contributed by atoms with Crippen LogP contribution in [0.25, 0.3) is 0 Å². The van der Waals surface area contributed by atoms with Gasteiger partial charge in [-0.05, 0) is 41.4 Å². The number of amides is 3. The van der Waals surface area contributed by atoms with E-state index in [2.05, 4.69) is 10.2 Å². The zero-order valence-corrected chi connectivity index (χ0v) is 19.9. The average Bonchev–Trinajstić information content (AvgIpc) is 3.37. The van der Waals surface area contributed by atoms with Crippen LogP contribution in [0.1, 0.15) is 28.9 Å². The van der Waals surface area contributed by atoms with Gasteiger partial charge in [0, 0.05) is 45.5 Å². The van der Waals surface area contributed by atoms with Gasteiger partial charge in [0.1, 0.15) is 5.82 Å². The van der Waals surface area contributed by atoms with E-state index in [1.165, 1.54) is 28.4 Å². The topological polar surface area (TPSA) is 82.2 Å². The van der Waals surface area contributed by atoms with Crippen molar-refractivity contribution in [2.45, 2.75) is 13.0 Å². The summed E-state index contributed by atoms with van der Waals surface area (Å²) in [5.41, 5.74) is 1.87. The van der Waals surface area contributed by atoms with E-state index in [1.54, 1.807) is 31.0 Å². The molecule has 0 radical (unpaired) electrons. The molecule has 2 aliphatic heterocycles. The summed E-state index contributed by atoms with van der Waals surface area (Å²) in [6, 6.07) is 6.95. The van der Waals surface area contributed by atoms with Crippen molar-refractivity contribution < 1.29 is 23.5 Å². The predicted molar refractivity (Wildman–Crippen MR) is 126 cm³/mol. The van der Waals surface area contributed by atoms with Gasteiger partial charge >= 0.3 is 12.0 Å². The number of likely N-dealkylation sites (N-methyl/N-ethyl adjacent to an activating group) is 1. The molecule has 0 bridgehead atoms. The summed E-state index contributed by atoms with van der Waals surface area (Å²) in [7, 11) is 1.63. The third kappa shape index (κ3) is 4.83. The molecule has 180 valence electrons. The Labute approximate surface area is 201 Å². The maximum atomic E-state index is 14.0. The van der Waals surface area contributed by atoms with Gasteiger partial charge in [-0.1, -0.05) is 12.1 Å². The highest BCUT2D eigenvalue weighted by Crippen LogP contribution is 2.32. The number of halogens is 1. The zero-order chi connectivity index (χ0) is 24.2. The molecule has 1 N–H and O–H groups in total. The maximum absolute atomic E-state index is 14.0. The second-order valence-electron chi connectivity index (χ2n) is 8.13. The third-order valence-corrected chi connectivity index (χ3v) is 6.79. The van der Waals surface area contributed by atoms with E-state index in [1.807, 2.05) is 16.8 Å². The molecular formula is C24H27FN4O4S. The highest BCUT2D eigenvalue weighted by atomic mass is 32.1. The summed E-state index contributed by atoms with van der Waals surface area (Å²) >= 11 is 1.49. The number of esters is 1. The van der Waals surface area contributed by atoms with Crippen LogP contribution in [0.4, 0.5) is 9.18 Å². The van der Waals surface area contributed by atoms with E-state index >= 15 is 0 Å². The Hall–Kier alpha value is -3.24. The largest absolute Gasteiger partial charge is 0.463 e. The maximum Gasteiger partial charge on any atom is 0.338 e. The molecule has 1 saturated heterocycles. The number of piperazine rings is 1. The van der Waals surface area contributed by atoms with Crippen LogP contribution in [0.5, 0.6) is 0 Å². The Morgan fingerprint density at radius 2 is 1.91 bits per heavy atom. The number of benzene rings is 1. The molecule has 10 heteroatoms. The Morgan fingerprint density at radius 3 is 2.56 bits per heavy atom. The molecule has 1 aromatic heterocycles. The molecule has 4 rings (SSSR count). The number of ether oxygens (including phenoxy) is 1. The van der Waals surface area contributed by atoms with E-state index in [4.69, 9.17) is 4.74 Å². The number of hydrogen-bond acceptors (Lipinski definition) is 6. The molecular weight excluding hydrogens is 459 g/mol. The lowest BCUT2D eigenvalue weighted by molar-refractivity contribution is -0.139. The zero-order valence-electron chi connectivity index (χ0n) is 19.1. The molecule has 1 aromatic carbocycles. The van der Waals surface area contributed by atoms with Gasteiger partial charge in [0.15, 0.2) is 0 Å². The smallest absolute Gasteiger partial charge is 0.338 e. The minimum Gasteiger partial charge on any atom is -0.463 e. The van der Waals surface area contributed by atoms with Crippen LogP contribution in [0.2, 0.25) is 0 Å². The van der Waals surface area contributed by atoms with Crippen LogP contribution in [-0.2, 0) is 9.53 Å². The molecule has 8 nitrogen and oxygen atoms in total. The van der Waals surface area contributed by atoms with Crippen molar-refractivity contribution in [1.82, 2.24) is 20.0 Å². The van der Waals surface area contributed by atoms with E-state index < -0.39 is 17.8 Å². The minimum atomic E-state index is -0.590. The molecule has 1 fully saturated rings. The molecule has 0 spiro atoms. The van der Waals surface area contributed by atoms with Crippen molar-refractivity contribution in [3.05, 3.63) is 69.3 Å². The van der Waals surface area contributed by atoms with Crippen LogP contribution in [0, 0.1) is 5.82 Å². The van der Waals surface area contributed by atoms with E-state index in [-0.39, 0.29) is 24.1 Å². The summed E-state index contributed by atoms with van der Waals surface area (Å²) in [6.45, 7) is 4.20. The highest BCUT2D eigenvalue weighted by molar-refractivity contribution is 7.08. The summed E-state index contributed by atoms with van der Waals surface area (Å²) in [4.78, 5) is 43.6. The van der Waals surface area contributed by atoms with Gasteiger partial charge < -0.3 is 15.0 Å². The molecule has 0 unspecified atom stereocenters. The van der Waals surface area contributed by atoms with Crippen LogP contribution in [0.15, 0.2) is 52.4 Å². The molecule has 2 aromatic rings. The number of thiophene rings is 1. The SMILES string of the molecule is CCOC(=O)C1=C(CN2CCN(C(=O)c3ccccc3F)CC2)N(C)C(=O)N[C@H]1c1ccsc1. The lowest BCUT2D eigenvalue weighted by atomic mass is 9.96. The number of urea groups is 1. The van der Waals surface area contributed by atoms with E-state index in [9.17, 15) is 18.8 Å². The summed E-state index contributed by atoms with van der Waals surface area (Å²) < 4.78 is 19.4. The van der Waals surface area contributed by atoms with Crippen molar-refractivity contribution >= 4 is 29.2 Å². The van der Waals surface area contributed by atoms with Gasteiger partial charge in [0.2, 0.25) is 0 Å². The van der Waals surface area contributed by atoms with Gasteiger partial charge in [-0.25, -0.2) is 14.0 Å². The van der Waals surface area contributed by atoms with Crippen LogP contribution >= 0.6 is 11.3 Å². The predicted octanol–water partition coefficient (Wildman–Crippen LogP) is 2.86. The van der Waals surface area contributed by atoms with Crippen molar-refractivity contribution in [3.8, 4) is 0 Å². The van der Waals surface area contributed by atoms with Crippen molar-refractivity contribution in [1.29, 1.82) is 0 Å². The number of hydrogen-bond donors (Lipinski definition) is 1. The average molecular weight is 487 g/mol. The third-order valence-electron chi connectivity index (χ3n) is 6.09. The lowest BCUT2D eigenvalue weighted by Gasteiger charge is -2.39. The minimum absolute atomic E-state index is 0.0607. The number of rotatable bonds is 6. The molecule has 2 aliphatic rings.